The minimum Gasteiger partial charge on any atom is -0.345 e. The molecule has 0 aliphatic rings. The highest BCUT2D eigenvalue weighted by Gasteiger charge is 2.16. The van der Waals surface area contributed by atoms with E-state index in [1.807, 2.05) is 76.8 Å². The van der Waals surface area contributed by atoms with E-state index in [0.29, 0.717) is 0 Å². The Morgan fingerprint density at radius 3 is 2.83 bits per heavy atom. The lowest BCUT2D eigenvalue weighted by atomic mass is 10.2. The first-order valence-corrected chi connectivity index (χ1v) is 7.85. The van der Waals surface area contributed by atoms with Gasteiger partial charge in [0.1, 0.15) is 6.54 Å². The van der Waals surface area contributed by atoms with Gasteiger partial charge in [0.25, 0.3) is 0 Å². The van der Waals surface area contributed by atoms with Crippen LogP contribution in [-0.4, -0.2) is 25.1 Å². The zero-order chi connectivity index (χ0) is 16.5. The minimum atomic E-state index is -0.225. The first kappa shape index (κ1) is 14.4. The molecule has 24 heavy (non-hydrogen) atoms. The van der Waals surface area contributed by atoms with Crippen molar-refractivity contribution in [1.29, 1.82) is 0 Å². The van der Waals surface area contributed by atoms with E-state index in [1.165, 1.54) is 0 Å². The van der Waals surface area contributed by atoms with Gasteiger partial charge in [0.2, 0.25) is 5.91 Å². The van der Waals surface area contributed by atoms with Crippen LogP contribution in [0, 0.1) is 0 Å². The lowest BCUT2D eigenvalue weighted by molar-refractivity contribution is -0.122. The number of carbonyl (C=O) groups is 1. The smallest absolute Gasteiger partial charge is 0.240 e. The highest BCUT2D eigenvalue weighted by Crippen LogP contribution is 2.15. The van der Waals surface area contributed by atoms with Gasteiger partial charge in [-0.05, 0) is 36.6 Å². The largest absolute Gasteiger partial charge is 0.345 e. The Morgan fingerprint density at radius 2 is 1.92 bits per heavy atom. The Labute approximate surface area is 138 Å². The van der Waals surface area contributed by atoms with Crippen LogP contribution in [-0.2, 0) is 11.3 Å². The van der Waals surface area contributed by atoms with Crippen LogP contribution in [0.3, 0.4) is 0 Å². The molecule has 6 heteroatoms. The number of aromatic nitrogens is 4. The molecule has 1 N–H and O–H groups in total. The van der Waals surface area contributed by atoms with E-state index in [-0.39, 0.29) is 18.5 Å². The summed E-state index contributed by atoms with van der Waals surface area (Å²) >= 11 is 0. The van der Waals surface area contributed by atoms with Crippen LogP contribution in [0.5, 0.6) is 0 Å². The molecular formula is C18H17N5O. The predicted molar refractivity (Wildman–Crippen MR) is 91.5 cm³/mol. The summed E-state index contributed by atoms with van der Waals surface area (Å²) in [7, 11) is 0. The summed E-state index contributed by atoms with van der Waals surface area (Å²) in [5.74, 6) is 0.660. The monoisotopic (exact) mass is 319 g/mol. The van der Waals surface area contributed by atoms with Gasteiger partial charge in [0.05, 0.1) is 6.04 Å². The molecule has 1 atom stereocenters. The summed E-state index contributed by atoms with van der Waals surface area (Å²) in [6, 6.07) is 15.5. The van der Waals surface area contributed by atoms with Gasteiger partial charge >= 0.3 is 0 Å². The molecule has 3 heterocycles. The Bertz CT molecular complexity index is 1020. The van der Waals surface area contributed by atoms with Crippen molar-refractivity contribution in [3.05, 3.63) is 66.7 Å². The maximum absolute atomic E-state index is 12.4. The number of hydrogen-bond acceptors (Lipinski definition) is 3. The zero-order valence-electron chi connectivity index (χ0n) is 13.3. The molecule has 1 amide bonds. The van der Waals surface area contributed by atoms with Crippen LogP contribution in [0.15, 0.2) is 60.9 Å². The van der Waals surface area contributed by atoms with Crippen LogP contribution in [0.1, 0.15) is 18.8 Å². The van der Waals surface area contributed by atoms with Gasteiger partial charge in [-0.3, -0.25) is 9.20 Å². The quantitative estimate of drug-likeness (QED) is 0.629. The molecule has 4 rings (SSSR count). The minimum absolute atomic E-state index is 0.0588. The lowest BCUT2D eigenvalue weighted by Gasteiger charge is -2.13. The van der Waals surface area contributed by atoms with Crippen molar-refractivity contribution in [2.45, 2.75) is 19.5 Å². The fourth-order valence-corrected chi connectivity index (χ4v) is 2.94. The number of carbonyl (C=O) groups excluding carboxylic acids is 1. The third-order valence-electron chi connectivity index (χ3n) is 4.10. The van der Waals surface area contributed by atoms with Gasteiger partial charge in [-0.25, -0.2) is 0 Å². The van der Waals surface area contributed by atoms with Crippen molar-refractivity contribution < 1.29 is 4.79 Å². The molecule has 0 bridgehead atoms. The number of amides is 1. The van der Waals surface area contributed by atoms with Crippen molar-refractivity contribution >= 4 is 22.5 Å². The predicted octanol–water partition coefficient (Wildman–Crippen LogP) is 2.56. The van der Waals surface area contributed by atoms with E-state index < -0.39 is 0 Å². The number of benzene rings is 1. The van der Waals surface area contributed by atoms with Gasteiger partial charge in [-0.2, -0.15) is 0 Å². The number of pyridine rings is 1. The molecule has 0 aliphatic heterocycles. The molecule has 0 saturated carbocycles. The Hall–Kier alpha value is -3.15. The molecule has 0 fully saturated rings. The van der Waals surface area contributed by atoms with Crippen LogP contribution in [0.4, 0.5) is 0 Å². The topological polar surface area (TPSA) is 64.2 Å². The summed E-state index contributed by atoms with van der Waals surface area (Å²) in [4.78, 5) is 12.4. The van der Waals surface area contributed by atoms with E-state index >= 15 is 0 Å². The van der Waals surface area contributed by atoms with Crippen molar-refractivity contribution in [3.63, 3.8) is 0 Å². The van der Waals surface area contributed by atoms with E-state index in [0.717, 1.165) is 22.4 Å². The molecule has 1 unspecified atom stereocenters. The lowest BCUT2D eigenvalue weighted by Crippen LogP contribution is -2.30. The van der Waals surface area contributed by atoms with Gasteiger partial charge in [0, 0.05) is 17.9 Å². The van der Waals surface area contributed by atoms with E-state index in [4.69, 9.17) is 0 Å². The van der Waals surface area contributed by atoms with Crippen LogP contribution >= 0.6 is 0 Å². The third kappa shape index (κ3) is 2.52. The summed E-state index contributed by atoms with van der Waals surface area (Å²) in [6.07, 6.45) is 3.83. The molecule has 0 saturated heterocycles. The number of hydrogen-bond donors (Lipinski definition) is 1. The first-order valence-electron chi connectivity index (χ1n) is 7.85. The molecule has 4 aromatic rings. The highest BCUT2D eigenvalue weighted by atomic mass is 16.2. The third-order valence-corrected chi connectivity index (χ3v) is 4.10. The molecule has 0 radical (unpaired) electrons. The summed E-state index contributed by atoms with van der Waals surface area (Å²) in [5, 5.41) is 12.4. The number of nitrogens with zero attached hydrogens (tertiary/aromatic N) is 4. The summed E-state index contributed by atoms with van der Waals surface area (Å²) < 4.78 is 3.83. The maximum Gasteiger partial charge on any atom is 0.240 e. The number of nitrogens with one attached hydrogen (secondary N) is 1. The molecule has 0 aliphatic carbocycles. The molecule has 6 nitrogen and oxygen atoms in total. The average molecular weight is 319 g/mol. The van der Waals surface area contributed by atoms with Crippen LogP contribution in [0.25, 0.3) is 16.6 Å². The number of para-hydroxylation sites is 1. The standard InChI is InChI=1S/C18H17N5O/c1-13(18-21-20-16-8-4-5-10-23(16)18)19-17(24)12-22-11-9-14-6-2-3-7-15(14)22/h2-11,13H,12H2,1H3,(H,19,24). The van der Waals surface area contributed by atoms with Gasteiger partial charge < -0.3 is 9.88 Å². The van der Waals surface area contributed by atoms with E-state index in [1.54, 1.807) is 0 Å². The van der Waals surface area contributed by atoms with Crippen LogP contribution in [0.2, 0.25) is 0 Å². The molecule has 0 spiro atoms. The normalized spacial score (nSPS) is 12.5. The van der Waals surface area contributed by atoms with E-state index in [9.17, 15) is 4.79 Å². The Kier molecular flexibility index (Phi) is 3.49. The first-order chi connectivity index (χ1) is 11.7. The Balaban J connectivity index is 1.51. The van der Waals surface area contributed by atoms with Gasteiger partial charge in [-0.1, -0.05) is 24.3 Å². The second-order valence-electron chi connectivity index (χ2n) is 5.78. The van der Waals surface area contributed by atoms with Crippen LogP contribution < -0.4 is 5.32 Å². The van der Waals surface area contributed by atoms with Crippen molar-refractivity contribution in [1.82, 2.24) is 24.5 Å². The second kappa shape index (κ2) is 5.81. The Morgan fingerprint density at radius 1 is 1.08 bits per heavy atom. The summed E-state index contributed by atoms with van der Waals surface area (Å²) in [6.45, 7) is 2.18. The SMILES string of the molecule is CC(NC(=O)Cn1ccc2ccccc21)c1nnc2ccccn12. The molecule has 3 aromatic heterocycles. The van der Waals surface area contributed by atoms with Gasteiger partial charge in [-0.15, -0.1) is 10.2 Å². The fourth-order valence-electron chi connectivity index (χ4n) is 2.94. The average Bonchev–Trinajstić information content (AvgIpc) is 3.19. The van der Waals surface area contributed by atoms with Crippen molar-refractivity contribution in [3.8, 4) is 0 Å². The number of rotatable bonds is 4. The van der Waals surface area contributed by atoms with Crippen molar-refractivity contribution in [2.24, 2.45) is 0 Å². The second-order valence-corrected chi connectivity index (χ2v) is 5.78. The maximum atomic E-state index is 12.4. The molecule has 120 valence electrons. The molecule has 1 aromatic carbocycles. The fraction of sp³-hybridized carbons (Fsp3) is 0.167. The van der Waals surface area contributed by atoms with Crippen molar-refractivity contribution in [2.75, 3.05) is 0 Å². The molecular weight excluding hydrogens is 302 g/mol. The summed E-state index contributed by atoms with van der Waals surface area (Å²) in [5.41, 5.74) is 1.82. The van der Waals surface area contributed by atoms with E-state index in [2.05, 4.69) is 15.5 Å². The highest BCUT2D eigenvalue weighted by molar-refractivity contribution is 5.83. The zero-order valence-corrected chi connectivity index (χ0v) is 13.3. The number of fused-ring (bicyclic) bond motifs is 2. The van der Waals surface area contributed by atoms with Gasteiger partial charge in [0.15, 0.2) is 11.5 Å².